The van der Waals surface area contributed by atoms with E-state index in [9.17, 15) is 9.59 Å². The van der Waals surface area contributed by atoms with Crippen molar-refractivity contribution in [2.45, 2.75) is 13.1 Å². The number of carboxylic acid groups (broad SMARTS) is 2. The van der Waals surface area contributed by atoms with Crippen LogP contribution in [-0.2, 0) is 13.1 Å². The lowest BCUT2D eigenvalue weighted by Crippen LogP contribution is -2.38. The van der Waals surface area contributed by atoms with Gasteiger partial charge in [0.15, 0.2) is 5.82 Å². The number of carbonyl (C=O) groups is 2. The normalized spacial score (nSPS) is 14.8. The van der Waals surface area contributed by atoms with Gasteiger partial charge >= 0.3 is 12.1 Å². The van der Waals surface area contributed by atoms with E-state index in [0.717, 1.165) is 4.90 Å². The van der Waals surface area contributed by atoms with Crippen LogP contribution >= 0.6 is 0 Å². The molecular formula is C7H8N4O4. The van der Waals surface area contributed by atoms with Crippen molar-refractivity contribution in [3.8, 4) is 0 Å². The Kier molecular flexibility index (Phi) is 2.03. The van der Waals surface area contributed by atoms with Crippen molar-refractivity contribution in [1.82, 2.24) is 19.7 Å². The van der Waals surface area contributed by atoms with Crippen LogP contribution in [0.15, 0.2) is 0 Å². The fourth-order valence-electron chi connectivity index (χ4n) is 1.48. The molecule has 8 nitrogen and oxygen atoms in total. The van der Waals surface area contributed by atoms with Crippen LogP contribution in [0.1, 0.15) is 16.4 Å². The molecule has 15 heavy (non-hydrogen) atoms. The van der Waals surface area contributed by atoms with Gasteiger partial charge in [0.05, 0.1) is 6.54 Å². The van der Waals surface area contributed by atoms with Crippen molar-refractivity contribution in [2.24, 2.45) is 0 Å². The SMILES string of the molecule is O=C(O)c1nnc2n1CCN(C(=O)O)C2. The summed E-state index contributed by atoms with van der Waals surface area (Å²) in [5.74, 6) is -0.936. The monoisotopic (exact) mass is 212 g/mol. The average molecular weight is 212 g/mol. The highest BCUT2D eigenvalue weighted by molar-refractivity contribution is 5.83. The number of fused-ring (bicyclic) bond motifs is 1. The highest BCUT2D eigenvalue weighted by atomic mass is 16.4. The molecule has 0 bridgehead atoms. The minimum absolute atomic E-state index is 0.0790. The van der Waals surface area contributed by atoms with E-state index in [1.165, 1.54) is 4.57 Å². The van der Waals surface area contributed by atoms with Gasteiger partial charge in [0.1, 0.15) is 0 Å². The number of hydrogen-bond acceptors (Lipinski definition) is 4. The third-order valence-corrected chi connectivity index (χ3v) is 2.22. The maximum Gasteiger partial charge on any atom is 0.407 e. The Hall–Kier alpha value is -2.12. The number of aromatic nitrogens is 3. The average Bonchev–Trinajstić information content (AvgIpc) is 2.59. The van der Waals surface area contributed by atoms with Gasteiger partial charge in [0, 0.05) is 13.1 Å². The van der Waals surface area contributed by atoms with Gasteiger partial charge in [-0.1, -0.05) is 0 Å². The van der Waals surface area contributed by atoms with Crippen LogP contribution in [0.4, 0.5) is 4.79 Å². The molecule has 1 aromatic rings. The zero-order valence-electron chi connectivity index (χ0n) is 7.62. The number of hydrogen-bond donors (Lipinski definition) is 2. The van der Waals surface area contributed by atoms with E-state index in [1.807, 2.05) is 0 Å². The molecule has 0 aromatic carbocycles. The minimum atomic E-state index is -1.16. The molecule has 2 rings (SSSR count). The lowest BCUT2D eigenvalue weighted by atomic mass is 10.3. The fraction of sp³-hybridized carbons (Fsp3) is 0.429. The predicted molar refractivity (Wildman–Crippen MR) is 45.4 cm³/mol. The summed E-state index contributed by atoms with van der Waals surface area (Å²) in [5.41, 5.74) is 0. The topological polar surface area (TPSA) is 109 Å². The number of carboxylic acids is 1. The van der Waals surface area contributed by atoms with Crippen LogP contribution in [0, 0.1) is 0 Å². The van der Waals surface area contributed by atoms with Gasteiger partial charge in [-0.15, -0.1) is 10.2 Å². The standard InChI is InChI=1S/C7H8N4O4/c12-6(13)5-9-8-4-3-10(7(14)15)1-2-11(4)5/h1-3H2,(H,12,13)(H,14,15). The van der Waals surface area contributed by atoms with E-state index >= 15 is 0 Å². The summed E-state index contributed by atoms with van der Waals surface area (Å²) in [6, 6.07) is 0. The highest BCUT2D eigenvalue weighted by Gasteiger charge is 2.26. The van der Waals surface area contributed by atoms with Crippen LogP contribution in [0.5, 0.6) is 0 Å². The number of rotatable bonds is 1. The molecule has 0 fully saturated rings. The molecule has 0 radical (unpaired) electrons. The first kappa shape index (κ1) is 9.44. The highest BCUT2D eigenvalue weighted by Crippen LogP contribution is 2.12. The molecule has 1 aliphatic heterocycles. The number of aromatic carboxylic acids is 1. The molecule has 0 saturated carbocycles. The van der Waals surface area contributed by atoms with Crippen LogP contribution in [-0.4, -0.2) is 48.5 Å². The second-order valence-corrected chi connectivity index (χ2v) is 3.10. The molecule has 0 spiro atoms. The second kappa shape index (κ2) is 3.23. The van der Waals surface area contributed by atoms with Crippen LogP contribution in [0.25, 0.3) is 0 Å². The molecule has 1 aliphatic rings. The van der Waals surface area contributed by atoms with E-state index in [2.05, 4.69) is 10.2 Å². The molecular weight excluding hydrogens is 204 g/mol. The van der Waals surface area contributed by atoms with Gasteiger partial charge in [-0.25, -0.2) is 9.59 Å². The summed E-state index contributed by atoms with van der Waals surface area (Å²) < 4.78 is 1.42. The molecule has 2 heterocycles. The maximum atomic E-state index is 10.7. The zero-order valence-corrected chi connectivity index (χ0v) is 7.62. The summed E-state index contributed by atoms with van der Waals surface area (Å²) in [6.07, 6.45) is -1.04. The van der Waals surface area contributed by atoms with Crippen LogP contribution in [0.2, 0.25) is 0 Å². The summed E-state index contributed by atoms with van der Waals surface area (Å²) in [5, 5.41) is 24.6. The summed E-state index contributed by atoms with van der Waals surface area (Å²) >= 11 is 0. The van der Waals surface area contributed by atoms with Gasteiger partial charge in [-0.05, 0) is 0 Å². The van der Waals surface area contributed by atoms with Crippen LogP contribution < -0.4 is 0 Å². The zero-order chi connectivity index (χ0) is 11.0. The van der Waals surface area contributed by atoms with Gasteiger partial charge in [-0.2, -0.15) is 0 Å². The van der Waals surface area contributed by atoms with E-state index in [1.54, 1.807) is 0 Å². The summed E-state index contributed by atoms with van der Waals surface area (Å²) in [4.78, 5) is 22.5. The first-order valence-electron chi connectivity index (χ1n) is 4.23. The molecule has 0 saturated heterocycles. The molecule has 0 unspecified atom stereocenters. The number of nitrogens with zero attached hydrogens (tertiary/aromatic N) is 4. The van der Waals surface area contributed by atoms with Crippen molar-refractivity contribution in [3.05, 3.63) is 11.6 Å². The lowest BCUT2D eigenvalue weighted by Gasteiger charge is -2.24. The molecule has 80 valence electrons. The van der Waals surface area contributed by atoms with Crippen LogP contribution in [0.3, 0.4) is 0 Å². The minimum Gasteiger partial charge on any atom is -0.475 e. The Labute approximate surface area is 83.7 Å². The van der Waals surface area contributed by atoms with Gasteiger partial charge < -0.3 is 14.8 Å². The molecule has 1 aromatic heterocycles. The van der Waals surface area contributed by atoms with E-state index < -0.39 is 12.1 Å². The first-order valence-corrected chi connectivity index (χ1v) is 4.23. The summed E-state index contributed by atoms with van der Waals surface area (Å²) in [7, 11) is 0. The molecule has 0 atom stereocenters. The molecule has 8 heteroatoms. The fourth-order valence-corrected chi connectivity index (χ4v) is 1.48. The molecule has 2 N–H and O–H groups in total. The smallest absolute Gasteiger partial charge is 0.407 e. The van der Waals surface area contributed by atoms with Crippen molar-refractivity contribution in [1.29, 1.82) is 0 Å². The Morgan fingerprint density at radius 2 is 1.93 bits per heavy atom. The Bertz CT molecular complexity index is 427. The predicted octanol–water partition coefficient (Wildman–Crippen LogP) is -0.530. The Morgan fingerprint density at radius 1 is 1.20 bits per heavy atom. The molecule has 1 amide bonds. The third kappa shape index (κ3) is 1.49. The van der Waals surface area contributed by atoms with Gasteiger partial charge in [0.25, 0.3) is 0 Å². The van der Waals surface area contributed by atoms with Gasteiger partial charge in [0.2, 0.25) is 5.82 Å². The second-order valence-electron chi connectivity index (χ2n) is 3.10. The van der Waals surface area contributed by atoms with E-state index in [0.29, 0.717) is 5.82 Å². The largest absolute Gasteiger partial charge is 0.475 e. The quantitative estimate of drug-likeness (QED) is 0.647. The first-order chi connectivity index (χ1) is 7.09. The van der Waals surface area contributed by atoms with Gasteiger partial charge in [-0.3, -0.25) is 4.90 Å². The molecule has 0 aliphatic carbocycles. The van der Waals surface area contributed by atoms with Crippen molar-refractivity contribution in [2.75, 3.05) is 6.54 Å². The van der Waals surface area contributed by atoms with E-state index in [-0.39, 0.29) is 25.5 Å². The Morgan fingerprint density at radius 3 is 2.53 bits per heavy atom. The third-order valence-electron chi connectivity index (χ3n) is 2.22. The van der Waals surface area contributed by atoms with Crippen molar-refractivity contribution >= 4 is 12.1 Å². The maximum absolute atomic E-state index is 10.7. The number of amides is 1. The summed E-state index contributed by atoms with van der Waals surface area (Å²) in [6.45, 7) is 0.604. The van der Waals surface area contributed by atoms with Crippen molar-refractivity contribution < 1.29 is 19.8 Å². The lowest BCUT2D eigenvalue weighted by molar-refractivity contribution is 0.0674. The van der Waals surface area contributed by atoms with Crippen molar-refractivity contribution in [3.63, 3.8) is 0 Å². The van der Waals surface area contributed by atoms with E-state index in [4.69, 9.17) is 10.2 Å². The Balaban J connectivity index is 2.30.